The third-order valence-corrected chi connectivity index (χ3v) is 3.50. The molecule has 18 heavy (non-hydrogen) atoms. The van der Waals surface area contributed by atoms with Crippen molar-refractivity contribution in [2.24, 2.45) is 11.7 Å². The molecule has 0 aliphatic heterocycles. The molecule has 0 bridgehead atoms. The van der Waals surface area contributed by atoms with E-state index >= 15 is 0 Å². The van der Waals surface area contributed by atoms with Gasteiger partial charge in [0, 0.05) is 11.1 Å². The Labute approximate surface area is 105 Å². The minimum absolute atomic E-state index is 0.0388. The fourth-order valence-corrected chi connectivity index (χ4v) is 1.69. The lowest BCUT2D eigenvalue weighted by Gasteiger charge is -2.27. The van der Waals surface area contributed by atoms with Gasteiger partial charge in [0.2, 0.25) is 11.8 Å². The number of rotatable bonds is 5. The molecular formula is C12H18N2O4. The molecule has 1 rings (SSSR count). The van der Waals surface area contributed by atoms with Crippen LogP contribution in [0.1, 0.15) is 33.6 Å². The van der Waals surface area contributed by atoms with E-state index in [1.807, 2.05) is 0 Å². The van der Waals surface area contributed by atoms with E-state index in [9.17, 15) is 14.4 Å². The lowest BCUT2D eigenvalue weighted by atomic mass is 9.94. The maximum absolute atomic E-state index is 11.9. The molecule has 1 aliphatic rings. The largest absolute Gasteiger partial charge is 0.478 e. The molecule has 0 aromatic rings. The van der Waals surface area contributed by atoms with Gasteiger partial charge in [-0.1, -0.05) is 0 Å². The third-order valence-electron chi connectivity index (χ3n) is 3.50. The first kappa shape index (κ1) is 14.2. The Balaban J connectivity index is 2.90. The second-order valence-corrected chi connectivity index (χ2v) is 4.85. The number of carboxylic acid groups (broad SMARTS) is 1. The maximum atomic E-state index is 11.9. The molecule has 0 heterocycles. The van der Waals surface area contributed by atoms with E-state index in [2.05, 4.69) is 5.32 Å². The van der Waals surface area contributed by atoms with Crippen molar-refractivity contribution in [2.45, 2.75) is 39.2 Å². The number of carbonyl (C=O) groups excluding carboxylic acids is 2. The Morgan fingerprint density at radius 3 is 2.06 bits per heavy atom. The number of nitrogens with one attached hydrogen (secondary N) is 1. The summed E-state index contributed by atoms with van der Waals surface area (Å²) in [6, 6.07) is 0. The van der Waals surface area contributed by atoms with Gasteiger partial charge >= 0.3 is 5.97 Å². The van der Waals surface area contributed by atoms with Crippen molar-refractivity contribution in [1.29, 1.82) is 0 Å². The van der Waals surface area contributed by atoms with E-state index in [0.29, 0.717) is 0 Å². The van der Waals surface area contributed by atoms with Gasteiger partial charge in [0.25, 0.3) is 0 Å². The lowest BCUT2D eigenvalue weighted by molar-refractivity contribution is -0.133. The molecule has 1 unspecified atom stereocenters. The lowest BCUT2D eigenvalue weighted by Crippen LogP contribution is -2.57. The van der Waals surface area contributed by atoms with Gasteiger partial charge in [-0.3, -0.25) is 9.59 Å². The fourth-order valence-electron chi connectivity index (χ4n) is 1.69. The topological polar surface area (TPSA) is 109 Å². The van der Waals surface area contributed by atoms with Gasteiger partial charge in [0.05, 0.1) is 0 Å². The summed E-state index contributed by atoms with van der Waals surface area (Å²) in [5.74, 6) is -2.28. The smallest absolute Gasteiger partial charge is 0.331 e. The fraction of sp³-hybridized carbons (Fsp3) is 0.583. The second kappa shape index (κ2) is 4.80. The molecule has 0 saturated heterocycles. The van der Waals surface area contributed by atoms with Crippen molar-refractivity contribution in [1.82, 2.24) is 5.32 Å². The van der Waals surface area contributed by atoms with Crippen LogP contribution in [0.5, 0.6) is 0 Å². The molecular weight excluding hydrogens is 236 g/mol. The van der Waals surface area contributed by atoms with Gasteiger partial charge in [-0.25, -0.2) is 4.79 Å². The maximum Gasteiger partial charge on any atom is 0.331 e. The molecule has 4 N–H and O–H groups in total. The molecule has 1 fully saturated rings. The Morgan fingerprint density at radius 2 is 1.72 bits per heavy atom. The number of nitrogens with two attached hydrogens (primary N) is 1. The van der Waals surface area contributed by atoms with E-state index in [1.54, 1.807) is 6.92 Å². The highest BCUT2D eigenvalue weighted by molar-refractivity contribution is 6.03. The molecule has 1 atom stereocenters. The predicted molar refractivity (Wildman–Crippen MR) is 64.5 cm³/mol. The van der Waals surface area contributed by atoms with Crippen LogP contribution in [0.4, 0.5) is 0 Å². The predicted octanol–water partition coefficient (Wildman–Crippen LogP) is 0.178. The minimum Gasteiger partial charge on any atom is -0.478 e. The van der Waals surface area contributed by atoms with Crippen LogP contribution in [0.25, 0.3) is 0 Å². The van der Waals surface area contributed by atoms with Crippen LogP contribution in [0.3, 0.4) is 0 Å². The Kier molecular flexibility index (Phi) is 3.79. The summed E-state index contributed by atoms with van der Waals surface area (Å²) in [5, 5.41) is 11.4. The summed E-state index contributed by atoms with van der Waals surface area (Å²) in [6.45, 7) is 4.33. The van der Waals surface area contributed by atoms with E-state index in [4.69, 9.17) is 10.8 Å². The number of carboxylic acids is 1. The molecule has 6 nitrogen and oxygen atoms in total. The van der Waals surface area contributed by atoms with Crippen LogP contribution >= 0.6 is 0 Å². The van der Waals surface area contributed by atoms with Crippen LogP contribution in [0.15, 0.2) is 11.1 Å². The Morgan fingerprint density at radius 1 is 1.22 bits per heavy atom. The van der Waals surface area contributed by atoms with Crippen LogP contribution in [0.2, 0.25) is 0 Å². The van der Waals surface area contributed by atoms with Gasteiger partial charge in [0.1, 0.15) is 5.54 Å². The SMILES string of the molecule is CC(C(=O)O)=C(C)C(=O)NC(C)(C(N)=O)C1CC1. The number of amides is 2. The summed E-state index contributed by atoms with van der Waals surface area (Å²) >= 11 is 0. The van der Waals surface area contributed by atoms with E-state index in [1.165, 1.54) is 13.8 Å². The summed E-state index contributed by atoms with van der Waals surface area (Å²) in [5.41, 5.74) is 4.24. The van der Waals surface area contributed by atoms with Crippen molar-refractivity contribution in [3.8, 4) is 0 Å². The molecule has 0 spiro atoms. The van der Waals surface area contributed by atoms with Crippen LogP contribution in [0, 0.1) is 5.92 Å². The highest BCUT2D eigenvalue weighted by atomic mass is 16.4. The number of primary amides is 1. The molecule has 100 valence electrons. The van der Waals surface area contributed by atoms with Crippen molar-refractivity contribution >= 4 is 17.8 Å². The molecule has 0 aromatic heterocycles. The first-order chi connectivity index (χ1) is 8.20. The quantitative estimate of drug-likeness (QED) is 0.608. The van der Waals surface area contributed by atoms with Crippen LogP contribution < -0.4 is 11.1 Å². The average molecular weight is 254 g/mol. The molecule has 2 amide bonds. The van der Waals surface area contributed by atoms with Gasteiger partial charge in [-0.05, 0) is 39.5 Å². The number of hydrogen-bond donors (Lipinski definition) is 3. The number of carbonyl (C=O) groups is 3. The summed E-state index contributed by atoms with van der Waals surface area (Å²) in [6.07, 6.45) is 1.67. The van der Waals surface area contributed by atoms with E-state index < -0.39 is 23.3 Å². The summed E-state index contributed by atoms with van der Waals surface area (Å²) in [7, 11) is 0. The van der Waals surface area contributed by atoms with E-state index in [0.717, 1.165) is 12.8 Å². The summed E-state index contributed by atoms with van der Waals surface area (Å²) in [4.78, 5) is 34.1. The van der Waals surface area contributed by atoms with Crippen molar-refractivity contribution < 1.29 is 19.5 Å². The monoisotopic (exact) mass is 254 g/mol. The zero-order chi connectivity index (χ0) is 14.1. The Hall–Kier alpha value is -1.85. The van der Waals surface area contributed by atoms with Gasteiger partial charge < -0.3 is 16.2 Å². The molecule has 0 radical (unpaired) electrons. The molecule has 6 heteroatoms. The molecule has 1 aliphatic carbocycles. The first-order valence-corrected chi connectivity index (χ1v) is 5.73. The highest BCUT2D eigenvalue weighted by Crippen LogP contribution is 2.39. The number of aliphatic carboxylic acids is 1. The van der Waals surface area contributed by atoms with Gasteiger partial charge in [-0.2, -0.15) is 0 Å². The summed E-state index contributed by atoms with van der Waals surface area (Å²) < 4.78 is 0. The van der Waals surface area contributed by atoms with Crippen LogP contribution in [-0.2, 0) is 14.4 Å². The average Bonchev–Trinajstić information content (AvgIpc) is 3.10. The standard InChI is InChI=1S/C12H18N2O4/c1-6(7(2)10(16)17)9(15)14-12(3,11(13)18)8-4-5-8/h8H,4-5H2,1-3H3,(H2,13,18)(H,14,15)(H,16,17). The van der Waals surface area contributed by atoms with Gasteiger partial charge in [-0.15, -0.1) is 0 Å². The minimum atomic E-state index is -1.16. The zero-order valence-electron chi connectivity index (χ0n) is 10.7. The van der Waals surface area contributed by atoms with Crippen molar-refractivity contribution in [3.05, 3.63) is 11.1 Å². The normalized spacial score (nSPS) is 19.5. The third kappa shape index (κ3) is 2.69. The Bertz CT molecular complexity index is 437. The number of hydrogen-bond acceptors (Lipinski definition) is 3. The van der Waals surface area contributed by atoms with Crippen molar-refractivity contribution in [2.75, 3.05) is 0 Å². The van der Waals surface area contributed by atoms with Crippen molar-refractivity contribution in [3.63, 3.8) is 0 Å². The van der Waals surface area contributed by atoms with Crippen LogP contribution in [-0.4, -0.2) is 28.4 Å². The second-order valence-electron chi connectivity index (χ2n) is 4.85. The van der Waals surface area contributed by atoms with Gasteiger partial charge in [0.15, 0.2) is 0 Å². The highest BCUT2D eigenvalue weighted by Gasteiger charge is 2.47. The zero-order valence-corrected chi connectivity index (χ0v) is 10.7. The molecule has 1 saturated carbocycles. The first-order valence-electron chi connectivity index (χ1n) is 5.73. The molecule has 0 aromatic carbocycles. The van der Waals surface area contributed by atoms with E-state index in [-0.39, 0.29) is 17.1 Å².